The number of aryl methyl sites for hydroxylation is 1. The molecule has 1 N–H and O–H groups in total. The van der Waals surface area contributed by atoms with Crippen LogP contribution in [0.5, 0.6) is 0 Å². The molecule has 3 rings (SSSR count). The topological polar surface area (TPSA) is 102 Å². The van der Waals surface area contributed by atoms with Crippen molar-refractivity contribution in [2.75, 3.05) is 30.5 Å². The van der Waals surface area contributed by atoms with Gasteiger partial charge in [-0.3, -0.25) is 19.7 Å². The van der Waals surface area contributed by atoms with Crippen LogP contribution in [0.1, 0.15) is 21.5 Å². The molecule has 0 aliphatic carbocycles. The minimum absolute atomic E-state index is 0.00189. The van der Waals surface area contributed by atoms with Gasteiger partial charge in [-0.2, -0.15) is 0 Å². The number of fused-ring (bicyclic) bond motifs is 1. The van der Waals surface area contributed by atoms with E-state index in [0.717, 1.165) is 17.7 Å². The number of hydrogen-bond donors (Lipinski definition) is 1. The zero-order chi connectivity index (χ0) is 19.6. The molecule has 140 valence electrons. The van der Waals surface area contributed by atoms with E-state index in [-0.39, 0.29) is 24.1 Å². The molecule has 2 aromatic rings. The van der Waals surface area contributed by atoms with Crippen LogP contribution < -0.4 is 10.2 Å². The number of nitro benzene ring substituents is 1. The minimum atomic E-state index is -0.483. The maximum Gasteiger partial charge on any atom is 0.272 e. The molecule has 2 aromatic carbocycles. The molecule has 27 heavy (non-hydrogen) atoms. The number of nitrogens with zero attached hydrogens (tertiary/aromatic N) is 2. The van der Waals surface area contributed by atoms with Gasteiger partial charge in [0.15, 0.2) is 0 Å². The highest BCUT2D eigenvalue weighted by atomic mass is 16.6. The lowest BCUT2D eigenvalue weighted by atomic mass is 10.1. The van der Waals surface area contributed by atoms with E-state index in [1.807, 2.05) is 6.07 Å². The Morgan fingerprint density at radius 1 is 1.26 bits per heavy atom. The Bertz CT molecular complexity index is 926. The Balaban J connectivity index is 1.80. The van der Waals surface area contributed by atoms with Crippen LogP contribution in [-0.2, 0) is 16.0 Å². The van der Waals surface area contributed by atoms with Crippen molar-refractivity contribution in [1.82, 2.24) is 0 Å². The standard InChI is InChI=1S/C19H19N3O5/c1-12-9-14(4-6-16(12)22(25)26)19(24)20-15-5-3-13-7-8-21(17(13)10-15)18(23)11-27-2/h3-6,9-10H,7-8,11H2,1-2H3,(H,20,24). The van der Waals surface area contributed by atoms with E-state index < -0.39 is 4.92 Å². The average molecular weight is 369 g/mol. The predicted molar refractivity (Wildman–Crippen MR) is 100 cm³/mol. The van der Waals surface area contributed by atoms with E-state index in [0.29, 0.717) is 23.4 Å². The first-order chi connectivity index (χ1) is 12.9. The van der Waals surface area contributed by atoms with Crippen LogP contribution >= 0.6 is 0 Å². The van der Waals surface area contributed by atoms with Gasteiger partial charge >= 0.3 is 0 Å². The highest BCUT2D eigenvalue weighted by Crippen LogP contribution is 2.31. The number of anilines is 2. The SMILES string of the molecule is COCC(=O)N1CCc2ccc(NC(=O)c3ccc([N+](=O)[O-])c(C)c3)cc21. The molecule has 0 atom stereocenters. The lowest BCUT2D eigenvalue weighted by Gasteiger charge is -2.17. The number of nitro groups is 1. The second-order valence-corrected chi connectivity index (χ2v) is 6.28. The second kappa shape index (κ2) is 7.55. The molecule has 0 bridgehead atoms. The first kappa shape index (κ1) is 18.5. The average Bonchev–Trinajstić information content (AvgIpc) is 3.04. The highest BCUT2D eigenvalue weighted by molar-refractivity contribution is 6.05. The van der Waals surface area contributed by atoms with Crippen molar-refractivity contribution in [1.29, 1.82) is 0 Å². The molecule has 2 amide bonds. The van der Waals surface area contributed by atoms with Crippen LogP contribution in [0.15, 0.2) is 36.4 Å². The fourth-order valence-electron chi connectivity index (χ4n) is 3.12. The van der Waals surface area contributed by atoms with Crippen molar-refractivity contribution in [3.8, 4) is 0 Å². The van der Waals surface area contributed by atoms with Crippen molar-refractivity contribution < 1.29 is 19.2 Å². The van der Waals surface area contributed by atoms with E-state index in [2.05, 4.69) is 5.32 Å². The van der Waals surface area contributed by atoms with Crippen LogP contribution in [-0.4, -0.2) is 37.0 Å². The van der Waals surface area contributed by atoms with Gasteiger partial charge in [0.25, 0.3) is 17.5 Å². The molecule has 0 saturated heterocycles. The summed E-state index contributed by atoms with van der Waals surface area (Å²) in [4.78, 5) is 36.7. The van der Waals surface area contributed by atoms with Crippen LogP contribution in [0.2, 0.25) is 0 Å². The van der Waals surface area contributed by atoms with Crippen molar-refractivity contribution >= 4 is 28.9 Å². The molecule has 0 aromatic heterocycles. The van der Waals surface area contributed by atoms with E-state index in [1.165, 1.54) is 25.3 Å². The van der Waals surface area contributed by atoms with Crippen molar-refractivity contribution in [2.45, 2.75) is 13.3 Å². The third-order valence-electron chi connectivity index (χ3n) is 4.46. The van der Waals surface area contributed by atoms with Crippen molar-refractivity contribution in [2.24, 2.45) is 0 Å². The van der Waals surface area contributed by atoms with Gasteiger partial charge in [-0.05, 0) is 43.2 Å². The van der Waals surface area contributed by atoms with Gasteiger partial charge in [-0.25, -0.2) is 0 Å². The predicted octanol–water partition coefficient (Wildman–Crippen LogP) is 2.69. The number of rotatable bonds is 5. The second-order valence-electron chi connectivity index (χ2n) is 6.28. The summed E-state index contributed by atoms with van der Waals surface area (Å²) >= 11 is 0. The first-order valence-electron chi connectivity index (χ1n) is 8.39. The fraction of sp³-hybridized carbons (Fsp3) is 0.263. The molecular weight excluding hydrogens is 350 g/mol. The molecule has 0 unspecified atom stereocenters. The van der Waals surface area contributed by atoms with E-state index >= 15 is 0 Å². The van der Waals surface area contributed by atoms with Crippen LogP contribution in [0.25, 0.3) is 0 Å². The Morgan fingerprint density at radius 2 is 2.04 bits per heavy atom. The molecule has 0 spiro atoms. The quantitative estimate of drug-likeness (QED) is 0.645. The van der Waals surface area contributed by atoms with E-state index in [9.17, 15) is 19.7 Å². The van der Waals surface area contributed by atoms with Crippen LogP contribution in [0, 0.1) is 17.0 Å². The summed E-state index contributed by atoms with van der Waals surface area (Å²) in [6.45, 7) is 2.16. The number of hydrogen-bond acceptors (Lipinski definition) is 5. The van der Waals surface area contributed by atoms with Gasteiger partial charge in [-0.15, -0.1) is 0 Å². The van der Waals surface area contributed by atoms with Crippen molar-refractivity contribution in [3.05, 3.63) is 63.2 Å². The molecule has 8 nitrogen and oxygen atoms in total. The molecule has 1 aliphatic heterocycles. The summed E-state index contributed by atoms with van der Waals surface area (Å²) < 4.78 is 4.91. The number of amides is 2. The van der Waals surface area contributed by atoms with Gasteiger partial charge < -0.3 is 15.0 Å². The molecule has 8 heteroatoms. The van der Waals surface area contributed by atoms with Gasteiger partial charge in [0.05, 0.1) is 4.92 Å². The molecule has 1 aliphatic rings. The summed E-state index contributed by atoms with van der Waals surface area (Å²) in [6.07, 6.45) is 0.751. The smallest absolute Gasteiger partial charge is 0.272 e. The Labute approximate surface area is 155 Å². The molecule has 0 radical (unpaired) electrons. The molecule has 0 fully saturated rings. The van der Waals surface area contributed by atoms with Gasteiger partial charge in [0.1, 0.15) is 6.61 Å². The number of carbonyl (C=O) groups is 2. The summed E-state index contributed by atoms with van der Waals surface area (Å²) in [5.74, 6) is -0.508. The van der Waals surface area contributed by atoms with E-state index in [1.54, 1.807) is 24.0 Å². The van der Waals surface area contributed by atoms with Crippen molar-refractivity contribution in [3.63, 3.8) is 0 Å². The van der Waals surface area contributed by atoms with Gasteiger partial charge in [0, 0.05) is 42.2 Å². The third-order valence-corrected chi connectivity index (χ3v) is 4.46. The van der Waals surface area contributed by atoms with Crippen LogP contribution in [0.4, 0.5) is 17.1 Å². The fourth-order valence-corrected chi connectivity index (χ4v) is 3.12. The summed E-state index contributed by atoms with van der Waals surface area (Å²) in [5, 5.41) is 13.7. The number of nitrogens with one attached hydrogen (secondary N) is 1. The van der Waals surface area contributed by atoms with Crippen LogP contribution in [0.3, 0.4) is 0 Å². The van der Waals surface area contributed by atoms with Gasteiger partial charge in [-0.1, -0.05) is 6.07 Å². The summed E-state index contributed by atoms with van der Waals surface area (Å²) in [5.41, 5.74) is 3.05. The zero-order valence-corrected chi connectivity index (χ0v) is 15.0. The normalized spacial score (nSPS) is 12.6. The molecular formula is C19H19N3O5. The minimum Gasteiger partial charge on any atom is -0.375 e. The Morgan fingerprint density at radius 3 is 2.70 bits per heavy atom. The largest absolute Gasteiger partial charge is 0.375 e. The molecule has 1 heterocycles. The third kappa shape index (κ3) is 3.80. The summed E-state index contributed by atoms with van der Waals surface area (Å²) in [7, 11) is 1.47. The summed E-state index contributed by atoms with van der Waals surface area (Å²) in [6, 6.07) is 9.63. The monoisotopic (exact) mass is 369 g/mol. The highest BCUT2D eigenvalue weighted by Gasteiger charge is 2.25. The number of carbonyl (C=O) groups excluding carboxylic acids is 2. The van der Waals surface area contributed by atoms with E-state index in [4.69, 9.17) is 4.74 Å². The maximum atomic E-state index is 12.5. The number of ether oxygens (including phenoxy) is 1. The van der Waals surface area contributed by atoms with Gasteiger partial charge in [0.2, 0.25) is 0 Å². The Hall–Kier alpha value is -3.26. The Kier molecular flexibility index (Phi) is 5.18. The lowest BCUT2D eigenvalue weighted by molar-refractivity contribution is -0.385. The number of methoxy groups -OCH3 is 1. The maximum absolute atomic E-state index is 12.5. The molecule has 0 saturated carbocycles. The first-order valence-corrected chi connectivity index (χ1v) is 8.39. The zero-order valence-electron chi connectivity index (χ0n) is 15.0. The number of benzene rings is 2. The lowest BCUT2D eigenvalue weighted by Crippen LogP contribution is -2.32.